The number of benzene rings is 2. The second-order valence-electron chi connectivity index (χ2n) is 4.83. The van der Waals surface area contributed by atoms with E-state index in [1.807, 2.05) is 25.1 Å². The van der Waals surface area contributed by atoms with Gasteiger partial charge in [-0.15, -0.1) is 0 Å². The zero-order valence-electron chi connectivity index (χ0n) is 11.9. The fourth-order valence-corrected chi connectivity index (χ4v) is 2.34. The monoisotopic (exact) mass is 340 g/mol. The topological polar surface area (TPSA) is 41.1 Å². The van der Waals surface area contributed by atoms with Crippen LogP contribution in [0.25, 0.3) is 0 Å². The summed E-state index contributed by atoms with van der Waals surface area (Å²) >= 11 is 11.8. The molecule has 0 spiro atoms. The van der Waals surface area contributed by atoms with Crippen LogP contribution in [0.4, 0.5) is 10.1 Å². The summed E-state index contributed by atoms with van der Waals surface area (Å²) in [6, 6.07) is 11.2. The van der Waals surface area contributed by atoms with Gasteiger partial charge in [0.05, 0.1) is 17.3 Å². The molecule has 0 heterocycles. The molecule has 2 aromatic carbocycles. The summed E-state index contributed by atoms with van der Waals surface area (Å²) in [6.45, 7) is 2.03. The predicted molar refractivity (Wildman–Crippen MR) is 87.9 cm³/mol. The molecular weight excluding hydrogens is 326 g/mol. The van der Waals surface area contributed by atoms with Crippen LogP contribution in [0.15, 0.2) is 42.5 Å². The lowest BCUT2D eigenvalue weighted by Crippen LogP contribution is -2.30. The quantitative estimate of drug-likeness (QED) is 0.845. The normalized spacial score (nSPS) is 12.0. The minimum absolute atomic E-state index is 0.0341. The summed E-state index contributed by atoms with van der Waals surface area (Å²) < 4.78 is 12.9. The van der Waals surface area contributed by atoms with Gasteiger partial charge in [0.15, 0.2) is 0 Å². The van der Waals surface area contributed by atoms with E-state index >= 15 is 0 Å². The molecule has 0 unspecified atom stereocenters. The average molecular weight is 341 g/mol. The Kier molecular flexibility index (Phi) is 5.77. The van der Waals surface area contributed by atoms with E-state index in [0.29, 0.717) is 10.7 Å². The number of amides is 1. The minimum Gasteiger partial charge on any atom is -0.324 e. The Morgan fingerprint density at radius 3 is 2.68 bits per heavy atom. The molecule has 6 heteroatoms. The van der Waals surface area contributed by atoms with Crippen LogP contribution in [0.2, 0.25) is 10.0 Å². The van der Waals surface area contributed by atoms with E-state index in [2.05, 4.69) is 10.6 Å². The number of rotatable bonds is 5. The molecule has 0 aliphatic heterocycles. The number of halogens is 3. The minimum atomic E-state index is -0.448. The van der Waals surface area contributed by atoms with E-state index < -0.39 is 5.82 Å². The first-order valence-electron chi connectivity index (χ1n) is 6.69. The second-order valence-corrected chi connectivity index (χ2v) is 5.67. The maximum Gasteiger partial charge on any atom is 0.238 e. The van der Waals surface area contributed by atoms with Gasteiger partial charge in [0.1, 0.15) is 5.82 Å². The first-order chi connectivity index (χ1) is 10.5. The fraction of sp³-hybridized carbons (Fsp3) is 0.188. The van der Waals surface area contributed by atoms with Crippen LogP contribution in [0.3, 0.4) is 0 Å². The average Bonchev–Trinajstić information content (AvgIpc) is 2.47. The van der Waals surface area contributed by atoms with Crippen molar-refractivity contribution >= 4 is 34.8 Å². The number of carbonyl (C=O) groups excluding carboxylic acids is 1. The third-order valence-electron chi connectivity index (χ3n) is 3.12. The highest BCUT2D eigenvalue weighted by molar-refractivity contribution is 6.33. The number of hydrogen-bond acceptors (Lipinski definition) is 2. The largest absolute Gasteiger partial charge is 0.324 e. The molecule has 1 atom stereocenters. The Morgan fingerprint density at radius 2 is 2.00 bits per heavy atom. The van der Waals surface area contributed by atoms with E-state index in [-0.39, 0.29) is 23.5 Å². The summed E-state index contributed by atoms with van der Waals surface area (Å²) in [4.78, 5) is 11.9. The molecular formula is C16H15Cl2FN2O. The summed E-state index contributed by atoms with van der Waals surface area (Å²) in [5.41, 5.74) is 1.37. The van der Waals surface area contributed by atoms with Crippen LogP contribution in [-0.4, -0.2) is 12.5 Å². The molecule has 0 aliphatic rings. The Balaban J connectivity index is 1.90. The Labute approximate surface area is 138 Å². The fourth-order valence-electron chi connectivity index (χ4n) is 1.92. The van der Waals surface area contributed by atoms with Gasteiger partial charge in [-0.3, -0.25) is 4.79 Å². The summed E-state index contributed by atoms with van der Waals surface area (Å²) in [5, 5.41) is 6.53. The van der Waals surface area contributed by atoms with Crippen molar-refractivity contribution in [3.63, 3.8) is 0 Å². The van der Waals surface area contributed by atoms with E-state index in [4.69, 9.17) is 23.2 Å². The van der Waals surface area contributed by atoms with E-state index in [0.717, 1.165) is 11.6 Å². The van der Waals surface area contributed by atoms with Gasteiger partial charge in [0, 0.05) is 11.1 Å². The van der Waals surface area contributed by atoms with Crippen molar-refractivity contribution in [1.29, 1.82) is 0 Å². The third-order valence-corrected chi connectivity index (χ3v) is 3.67. The van der Waals surface area contributed by atoms with Crippen LogP contribution in [0.5, 0.6) is 0 Å². The summed E-state index contributed by atoms with van der Waals surface area (Å²) in [5.74, 6) is -0.710. The molecule has 0 bridgehead atoms. The van der Waals surface area contributed by atoms with Gasteiger partial charge in [0.2, 0.25) is 5.91 Å². The number of nitrogens with one attached hydrogen (secondary N) is 2. The van der Waals surface area contributed by atoms with Crippen LogP contribution in [0.1, 0.15) is 18.5 Å². The zero-order chi connectivity index (χ0) is 16.1. The smallest absolute Gasteiger partial charge is 0.238 e. The highest BCUT2D eigenvalue weighted by Gasteiger charge is 2.10. The molecule has 0 aliphatic carbocycles. The van der Waals surface area contributed by atoms with Crippen LogP contribution >= 0.6 is 23.2 Å². The van der Waals surface area contributed by atoms with Crippen molar-refractivity contribution in [2.75, 3.05) is 11.9 Å². The third kappa shape index (κ3) is 4.70. The molecule has 2 N–H and O–H groups in total. The van der Waals surface area contributed by atoms with Crippen molar-refractivity contribution in [2.24, 2.45) is 0 Å². The van der Waals surface area contributed by atoms with Gasteiger partial charge >= 0.3 is 0 Å². The van der Waals surface area contributed by atoms with Gasteiger partial charge in [-0.25, -0.2) is 4.39 Å². The molecule has 0 radical (unpaired) electrons. The van der Waals surface area contributed by atoms with Crippen molar-refractivity contribution in [3.05, 3.63) is 63.9 Å². The Hall–Kier alpha value is -1.62. The Morgan fingerprint density at radius 1 is 1.23 bits per heavy atom. The highest BCUT2D eigenvalue weighted by atomic mass is 35.5. The predicted octanol–water partition coefficient (Wildman–Crippen LogP) is 4.42. The van der Waals surface area contributed by atoms with Crippen molar-refractivity contribution in [3.8, 4) is 0 Å². The molecule has 116 valence electrons. The van der Waals surface area contributed by atoms with E-state index in [1.54, 1.807) is 6.07 Å². The van der Waals surface area contributed by atoms with Crippen LogP contribution in [0, 0.1) is 5.82 Å². The van der Waals surface area contributed by atoms with Crippen molar-refractivity contribution < 1.29 is 9.18 Å². The van der Waals surface area contributed by atoms with Crippen LogP contribution < -0.4 is 10.6 Å². The lowest BCUT2D eigenvalue weighted by Gasteiger charge is -2.14. The summed E-state index contributed by atoms with van der Waals surface area (Å²) in [6.07, 6.45) is 0. The molecule has 1 amide bonds. The first-order valence-corrected chi connectivity index (χ1v) is 7.45. The van der Waals surface area contributed by atoms with Gasteiger partial charge in [-0.1, -0.05) is 35.3 Å². The number of hydrogen-bond donors (Lipinski definition) is 2. The maximum absolute atomic E-state index is 12.9. The molecule has 2 aromatic rings. The lowest BCUT2D eigenvalue weighted by atomic mass is 10.1. The zero-order valence-corrected chi connectivity index (χ0v) is 13.4. The molecule has 22 heavy (non-hydrogen) atoms. The SMILES string of the molecule is C[C@H](NCC(=O)Nc1ccc(F)cc1Cl)c1cccc(Cl)c1. The first kappa shape index (κ1) is 16.7. The van der Waals surface area contributed by atoms with Crippen LogP contribution in [-0.2, 0) is 4.79 Å². The molecule has 0 aromatic heterocycles. The standard InChI is InChI=1S/C16H15Cl2FN2O/c1-10(11-3-2-4-12(17)7-11)20-9-16(22)21-15-6-5-13(19)8-14(15)18/h2-8,10,20H,9H2,1H3,(H,21,22)/t10-/m0/s1. The van der Waals surface area contributed by atoms with E-state index in [9.17, 15) is 9.18 Å². The van der Waals surface area contributed by atoms with Gasteiger partial charge in [-0.2, -0.15) is 0 Å². The summed E-state index contributed by atoms with van der Waals surface area (Å²) in [7, 11) is 0. The van der Waals surface area contributed by atoms with E-state index in [1.165, 1.54) is 12.1 Å². The van der Waals surface area contributed by atoms with Crippen molar-refractivity contribution in [1.82, 2.24) is 5.32 Å². The Bertz CT molecular complexity index is 679. The molecule has 0 fully saturated rings. The second kappa shape index (κ2) is 7.58. The van der Waals surface area contributed by atoms with Crippen molar-refractivity contribution in [2.45, 2.75) is 13.0 Å². The number of carbonyl (C=O) groups is 1. The molecule has 2 rings (SSSR count). The van der Waals surface area contributed by atoms with Gasteiger partial charge < -0.3 is 10.6 Å². The van der Waals surface area contributed by atoms with Gasteiger partial charge in [0.25, 0.3) is 0 Å². The van der Waals surface area contributed by atoms with Gasteiger partial charge in [-0.05, 0) is 42.8 Å². The molecule has 3 nitrogen and oxygen atoms in total. The lowest BCUT2D eigenvalue weighted by molar-refractivity contribution is -0.115. The highest BCUT2D eigenvalue weighted by Crippen LogP contribution is 2.22. The molecule has 0 saturated heterocycles. The number of anilines is 1. The maximum atomic E-state index is 12.9. The molecule has 0 saturated carbocycles.